The van der Waals surface area contributed by atoms with Crippen molar-refractivity contribution < 1.29 is 9.90 Å². The normalized spacial score (nSPS) is 18.0. The van der Waals surface area contributed by atoms with Crippen molar-refractivity contribution in [1.29, 1.82) is 0 Å². The molecule has 27 heavy (non-hydrogen) atoms. The molecule has 1 aromatic carbocycles. The predicted molar refractivity (Wildman–Crippen MR) is 116 cm³/mol. The van der Waals surface area contributed by atoms with Gasteiger partial charge in [-0.15, -0.1) is 0 Å². The van der Waals surface area contributed by atoms with Gasteiger partial charge in [0.25, 0.3) is 0 Å². The lowest BCUT2D eigenvalue weighted by Crippen LogP contribution is -1.90. The van der Waals surface area contributed by atoms with Crippen molar-refractivity contribution in [1.82, 2.24) is 0 Å². The molecule has 1 aliphatic carbocycles. The van der Waals surface area contributed by atoms with Gasteiger partial charge in [-0.1, -0.05) is 93.0 Å². The zero-order valence-corrected chi connectivity index (χ0v) is 16.8. The number of carboxylic acids is 1. The molecule has 2 rings (SSSR count). The van der Waals surface area contributed by atoms with Crippen LogP contribution in [0.2, 0.25) is 0 Å². The lowest BCUT2D eigenvalue weighted by molar-refractivity contribution is -0.131. The number of aliphatic carboxylic acids is 1. The molecular weight excluding hydrogens is 332 g/mol. The van der Waals surface area contributed by atoms with Gasteiger partial charge in [-0.3, -0.25) is 0 Å². The van der Waals surface area contributed by atoms with Gasteiger partial charge in [-0.25, -0.2) is 4.79 Å². The lowest BCUT2D eigenvalue weighted by Gasteiger charge is -2.10. The molecule has 1 fully saturated rings. The van der Waals surface area contributed by atoms with Crippen molar-refractivity contribution in [2.24, 2.45) is 0 Å². The van der Waals surface area contributed by atoms with Crippen LogP contribution in [0.15, 0.2) is 47.6 Å². The third-order valence-corrected chi connectivity index (χ3v) is 5.19. The van der Waals surface area contributed by atoms with Crippen LogP contribution >= 0.6 is 0 Å². The number of rotatable bonds is 4. The van der Waals surface area contributed by atoms with E-state index in [1.54, 1.807) is 12.5 Å². The average Bonchev–Trinajstić information content (AvgIpc) is 2.63. The zero-order chi connectivity index (χ0) is 19.3. The predicted octanol–water partition coefficient (Wildman–Crippen LogP) is 7.42. The fourth-order valence-electron chi connectivity index (χ4n) is 3.62. The van der Waals surface area contributed by atoms with Crippen LogP contribution in [0.25, 0.3) is 12.2 Å². The van der Waals surface area contributed by atoms with Crippen molar-refractivity contribution in [3.05, 3.63) is 58.7 Å². The van der Waals surface area contributed by atoms with E-state index in [1.165, 1.54) is 82.3 Å². The summed E-state index contributed by atoms with van der Waals surface area (Å²) >= 11 is 0. The Hall–Kier alpha value is -2.09. The number of hydrogen-bond acceptors (Lipinski definition) is 1. The Morgan fingerprint density at radius 1 is 0.815 bits per heavy atom. The van der Waals surface area contributed by atoms with E-state index >= 15 is 0 Å². The Balaban J connectivity index is 1.98. The molecular formula is C25H34O2. The van der Waals surface area contributed by atoms with Crippen LogP contribution in [0, 0.1) is 0 Å². The molecule has 0 unspecified atom stereocenters. The number of hydrogen-bond donors (Lipinski definition) is 1. The lowest BCUT2D eigenvalue weighted by atomic mass is 9.96. The Bertz CT molecular complexity index is 648. The van der Waals surface area contributed by atoms with Crippen LogP contribution in [0.3, 0.4) is 0 Å². The highest BCUT2D eigenvalue weighted by Crippen LogP contribution is 2.23. The van der Waals surface area contributed by atoms with Crippen LogP contribution in [0.1, 0.15) is 88.7 Å². The van der Waals surface area contributed by atoms with E-state index in [0.717, 1.165) is 11.1 Å². The summed E-state index contributed by atoms with van der Waals surface area (Å²) in [7, 11) is 0. The largest absolute Gasteiger partial charge is 0.478 e. The molecule has 0 radical (unpaired) electrons. The Morgan fingerprint density at radius 3 is 1.81 bits per heavy atom. The van der Waals surface area contributed by atoms with Gasteiger partial charge in [0.15, 0.2) is 0 Å². The van der Waals surface area contributed by atoms with E-state index < -0.39 is 5.97 Å². The second kappa shape index (κ2) is 12.3. The number of benzene rings is 1. The van der Waals surface area contributed by atoms with Crippen molar-refractivity contribution in [3.8, 4) is 0 Å². The summed E-state index contributed by atoms with van der Waals surface area (Å²) in [6.45, 7) is 1.80. The molecule has 1 saturated carbocycles. The van der Waals surface area contributed by atoms with Gasteiger partial charge in [-0.05, 0) is 49.3 Å². The maximum atomic E-state index is 10.7. The van der Waals surface area contributed by atoms with E-state index in [4.69, 9.17) is 5.11 Å². The van der Waals surface area contributed by atoms with Crippen LogP contribution in [0.5, 0.6) is 0 Å². The average molecular weight is 367 g/mol. The maximum Gasteiger partial charge on any atom is 0.328 e. The Labute approximate surface area is 164 Å². The monoisotopic (exact) mass is 366 g/mol. The Morgan fingerprint density at radius 2 is 1.30 bits per heavy atom. The number of carboxylic acid groups (broad SMARTS) is 1. The van der Waals surface area contributed by atoms with Gasteiger partial charge in [0.1, 0.15) is 0 Å². The summed E-state index contributed by atoms with van der Waals surface area (Å²) in [5.74, 6) is -0.906. The minimum atomic E-state index is -0.906. The SMILES string of the molecule is CC(C=Cc1ccc(C=C2CCCCCCCCCCC2)cc1)=CC(=O)O. The van der Waals surface area contributed by atoms with E-state index in [2.05, 4.69) is 30.3 Å². The molecule has 0 aromatic heterocycles. The molecule has 1 aliphatic rings. The molecule has 0 atom stereocenters. The molecule has 0 bridgehead atoms. The summed E-state index contributed by atoms with van der Waals surface area (Å²) in [5, 5.41) is 8.76. The first-order chi connectivity index (χ1) is 13.1. The number of allylic oxidation sites excluding steroid dienone is 3. The van der Waals surface area contributed by atoms with Gasteiger partial charge in [0.2, 0.25) is 0 Å². The summed E-state index contributed by atoms with van der Waals surface area (Å²) in [5.41, 5.74) is 4.70. The van der Waals surface area contributed by atoms with Crippen LogP contribution in [-0.4, -0.2) is 11.1 Å². The molecule has 0 heterocycles. The van der Waals surface area contributed by atoms with E-state index in [-0.39, 0.29) is 0 Å². The van der Waals surface area contributed by atoms with Crippen molar-refractivity contribution in [2.75, 3.05) is 0 Å². The quantitative estimate of drug-likeness (QED) is 0.444. The smallest absolute Gasteiger partial charge is 0.328 e. The first-order valence-electron chi connectivity index (χ1n) is 10.5. The van der Waals surface area contributed by atoms with Gasteiger partial charge in [0.05, 0.1) is 0 Å². The highest BCUT2D eigenvalue weighted by Gasteiger charge is 2.02. The van der Waals surface area contributed by atoms with Gasteiger partial charge in [-0.2, -0.15) is 0 Å². The standard InChI is InChI=1S/C25H34O2/c1-21(19-25(26)27)13-14-22-15-17-24(18-16-22)20-23-11-9-7-5-3-2-4-6-8-10-12-23/h13-20H,2-12H2,1H3,(H,26,27). The summed E-state index contributed by atoms with van der Waals surface area (Å²) in [6, 6.07) is 8.54. The molecule has 0 saturated heterocycles. The van der Waals surface area contributed by atoms with E-state index in [9.17, 15) is 4.79 Å². The molecule has 0 spiro atoms. The summed E-state index contributed by atoms with van der Waals surface area (Å²) in [6.07, 6.45) is 22.3. The third-order valence-electron chi connectivity index (χ3n) is 5.19. The maximum absolute atomic E-state index is 10.7. The second-order valence-corrected chi connectivity index (χ2v) is 7.71. The first kappa shape index (κ1) is 21.2. The minimum Gasteiger partial charge on any atom is -0.478 e. The molecule has 0 amide bonds. The summed E-state index contributed by atoms with van der Waals surface area (Å²) in [4.78, 5) is 10.7. The highest BCUT2D eigenvalue weighted by molar-refractivity contribution is 5.81. The highest BCUT2D eigenvalue weighted by atomic mass is 16.4. The van der Waals surface area contributed by atoms with Crippen molar-refractivity contribution in [2.45, 2.75) is 77.6 Å². The fraction of sp³-hybridized carbons (Fsp3) is 0.480. The summed E-state index contributed by atoms with van der Waals surface area (Å²) < 4.78 is 0. The topological polar surface area (TPSA) is 37.3 Å². The van der Waals surface area contributed by atoms with Gasteiger partial charge >= 0.3 is 5.97 Å². The molecule has 1 N–H and O–H groups in total. The van der Waals surface area contributed by atoms with E-state index in [1.807, 2.05) is 12.2 Å². The molecule has 0 aliphatic heterocycles. The minimum absolute atomic E-state index is 0.738. The zero-order valence-electron chi connectivity index (χ0n) is 16.8. The molecule has 1 aromatic rings. The number of carbonyl (C=O) groups is 1. The molecule has 2 nitrogen and oxygen atoms in total. The van der Waals surface area contributed by atoms with E-state index in [0.29, 0.717) is 0 Å². The molecule has 146 valence electrons. The Kier molecular flexibility index (Phi) is 9.68. The van der Waals surface area contributed by atoms with Crippen molar-refractivity contribution in [3.63, 3.8) is 0 Å². The van der Waals surface area contributed by atoms with Crippen LogP contribution in [0.4, 0.5) is 0 Å². The van der Waals surface area contributed by atoms with Crippen molar-refractivity contribution >= 4 is 18.1 Å². The van der Waals surface area contributed by atoms with Crippen LogP contribution in [-0.2, 0) is 4.79 Å². The molecule has 2 heteroatoms. The first-order valence-corrected chi connectivity index (χ1v) is 10.5. The van der Waals surface area contributed by atoms with Gasteiger partial charge < -0.3 is 5.11 Å². The van der Waals surface area contributed by atoms with Crippen LogP contribution < -0.4 is 0 Å². The second-order valence-electron chi connectivity index (χ2n) is 7.71. The third kappa shape index (κ3) is 9.42. The van der Waals surface area contributed by atoms with Gasteiger partial charge in [0, 0.05) is 6.08 Å². The fourth-order valence-corrected chi connectivity index (χ4v) is 3.62.